The summed E-state index contributed by atoms with van der Waals surface area (Å²) in [5, 5.41) is 0.822. The SMILES string of the molecule is COc1ccc(CCN(C)C(=O)c2cc(-c3ccc(C)o3)nc3ccccc23)cc1OC. The molecule has 0 aliphatic heterocycles. The van der Waals surface area contributed by atoms with E-state index in [0.29, 0.717) is 41.5 Å². The van der Waals surface area contributed by atoms with Gasteiger partial charge in [0.15, 0.2) is 17.3 Å². The van der Waals surface area contributed by atoms with Crippen LogP contribution in [0.2, 0.25) is 0 Å². The van der Waals surface area contributed by atoms with Gasteiger partial charge in [-0.3, -0.25) is 4.79 Å². The number of rotatable bonds is 7. The predicted molar refractivity (Wildman–Crippen MR) is 124 cm³/mol. The lowest BCUT2D eigenvalue weighted by Crippen LogP contribution is -2.29. The number of hydrogen-bond acceptors (Lipinski definition) is 5. The van der Waals surface area contributed by atoms with Gasteiger partial charge >= 0.3 is 0 Å². The Hall–Kier alpha value is -3.80. The Morgan fingerprint density at radius 3 is 2.50 bits per heavy atom. The Morgan fingerprint density at radius 1 is 1.00 bits per heavy atom. The van der Waals surface area contributed by atoms with Gasteiger partial charge in [0.05, 0.1) is 25.3 Å². The number of aryl methyl sites for hydroxylation is 1. The van der Waals surface area contributed by atoms with E-state index in [1.165, 1.54) is 0 Å². The van der Waals surface area contributed by atoms with Crippen LogP contribution in [-0.4, -0.2) is 43.6 Å². The van der Waals surface area contributed by atoms with Gasteiger partial charge in [0.25, 0.3) is 5.91 Å². The fourth-order valence-corrected chi connectivity index (χ4v) is 3.69. The van der Waals surface area contributed by atoms with Crippen LogP contribution < -0.4 is 9.47 Å². The van der Waals surface area contributed by atoms with Crippen LogP contribution in [0, 0.1) is 6.92 Å². The van der Waals surface area contributed by atoms with Crippen molar-refractivity contribution in [1.29, 1.82) is 0 Å². The van der Waals surface area contributed by atoms with Crippen molar-refractivity contribution in [2.75, 3.05) is 27.8 Å². The monoisotopic (exact) mass is 430 g/mol. The zero-order valence-electron chi connectivity index (χ0n) is 18.7. The minimum Gasteiger partial charge on any atom is -0.493 e. The van der Waals surface area contributed by atoms with Crippen molar-refractivity contribution in [2.45, 2.75) is 13.3 Å². The van der Waals surface area contributed by atoms with Gasteiger partial charge in [-0.1, -0.05) is 24.3 Å². The minimum absolute atomic E-state index is 0.0615. The highest BCUT2D eigenvalue weighted by molar-refractivity contribution is 6.07. The summed E-state index contributed by atoms with van der Waals surface area (Å²) >= 11 is 0. The molecule has 0 saturated carbocycles. The normalized spacial score (nSPS) is 10.9. The van der Waals surface area contributed by atoms with Crippen molar-refractivity contribution >= 4 is 16.8 Å². The van der Waals surface area contributed by atoms with Crippen LogP contribution in [0.5, 0.6) is 11.5 Å². The summed E-state index contributed by atoms with van der Waals surface area (Å²) in [6.45, 7) is 2.44. The quantitative estimate of drug-likeness (QED) is 0.406. The van der Waals surface area contributed by atoms with Gasteiger partial charge in [-0.05, 0) is 55.3 Å². The van der Waals surface area contributed by atoms with Gasteiger partial charge in [-0.15, -0.1) is 0 Å². The Labute approximate surface area is 187 Å². The van der Waals surface area contributed by atoms with Crippen molar-refractivity contribution in [3.05, 3.63) is 77.6 Å². The van der Waals surface area contributed by atoms with Gasteiger partial charge < -0.3 is 18.8 Å². The molecule has 164 valence electrons. The molecule has 2 aromatic carbocycles. The number of amides is 1. The summed E-state index contributed by atoms with van der Waals surface area (Å²) in [4.78, 5) is 19.8. The lowest BCUT2D eigenvalue weighted by Gasteiger charge is -2.19. The number of nitrogens with zero attached hydrogens (tertiary/aromatic N) is 2. The number of furan rings is 1. The third-order valence-corrected chi connectivity index (χ3v) is 5.47. The van der Waals surface area contributed by atoms with Crippen LogP contribution >= 0.6 is 0 Å². The molecule has 0 aliphatic rings. The first-order chi connectivity index (χ1) is 15.5. The lowest BCUT2D eigenvalue weighted by molar-refractivity contribution is 0.0798. The van der Waals surface area contributed by atoms with E-state index < -0.39 is 0 Å². The number of fused-ring (bicyclic) bond motifs is 1. The van der Waals surface area contributed by atoms with Gasteiger partial charge in [0.1, 0.15) is 11.5 Å². The zero-order valence-corrected chi connectivity index (χ0v) is 18.7. The van der Waals surface area contributed by atoms with E-state index in [4.69, 9.17) is 18.9 Å². The predicted octanol–water partition coefficient (Wildman–Crippen LogP) is 5.14. The molecule has 0 N–H and O–H groups in total. The van der Waals surface area contributed by atoms with Crippen molar-refractivity contribution in [3.8, 4) is 23.0 Å². The molecule has 32 heavy (non-hydrogen) atoms. The van der Waals surface area contributed by atoms with Gasteiger partial charge in [-0.2, -0.15) is 0 Å². The lowest BCUT2D eigenvalue weighted by atomic mass is 10.0. The van der Waals surface area contributed by atoms with Crippen LogP contribution in [0.25, 0.3) is 22.4 Å². The molecule has 4 rings (SSSR count). The molecule has 0 unspecified atom stereocenters. The fraction of sp³-hybridized carbons (Fsp3) is 0.231. The third-order valence-electron chi connectivity index (χ3n) is 5.47. The van der Waals surface area contributed by atoms with Gasteiger partial charge in [0.2, 0.25) is 0 Å². The Balaban J connectivity index is 1.60. The van der Waals surface area contributed by atoms with Crippen LogP contribution in [-0.2, 0) is 6.42 Å². The summed E-state index contributed by atoms with van der Waals surface area (Å²) in [6.07, 6.45) is 0.690. The molecule has 0 fully saturated rings. The van der Waals surface area contributed by atoms with Gasteiger partial charge in [0, 0.05) is 19.0 Å². The van der Waals surface area contributed by atoms with Crippen molar-refractivity contribution < 1.29 is 18.7 Å². The second kappa shape index (κ2) is 9.14. The molecule has 1 amide bonds. The van der Waals surface area contributed by atoms with Gasteiger partial charge in [-0.25, -0.2) is 4.98 Å². The highest BCUT2D eigenvalue weighted by Gasteiger charge is 2.18. The number of carbonyl (C=O) groups is 1. The first kappa shape index (κ1) is 21.4. The Bertz CT molecular complexity index is 1260. The molecule has 0 spiro atoms. The van der Waals surface area contributed by atoms with E-state index in [1.54, 1.807) is 19.1 Å². The largest absolute Gasteiger partial charge is 0.493 e. The third kappa shape index (κ3) is 4.30. The van der Waals surface area contributed by atoms with Crippen molar-refractivity contribution in [1.82, 2.24) is 9.88 Å². The second-order valence-electron chi connectivity index (χ2n) is 7.65. The molecule has 6 nitrogen and oxygen atoms in total. The Morgan fingerprint density at radius 2 is 1.78 bits per heavy atom. The van der Waals surface area contributed by atoms with Crippen LogP contribution in [0.4, 0.5) is 0 Å². The molecule has 0 atom stereocenters. The van der Waals surface area contributed by atoms with Crippen molar-refractivity contribution in [3.63, 3.8) is 0 Å². The number of para-hydroxylation sites is 1. The minimum atomic E-state index is -0.0615. The number of aromatic nitrogens is 1. The first-order valence-corrected chi connectivity index (χ1v) is 10.4. The molecule has 0 radical (unpaired) electrons. The van der Waals surface area contributed by atoms with E-state index in [9.17, 15) is 4.79 Å². The highest BCUT2D eigenvalue weighted by atomic mass is 16.5. The van der Waals surface area contributed by atoms with Crippen LogP contribution in [0.15, 0.2) is 65.1 Å². The van der Waals surface area contributed by atoms with E-state index in [2.05, 4.69) is 0 Å². The summed E-state index contributed by atoms with van der Waals surface area (Å²) in [5.74, 6) is 2.75. The van der Waals surface area contributed by atoms with E-state index >= 15 is 0 Å². The molecule has 4 aromatic rings. The maximum atomic E-state index is 13.4. The van der Waals surface area contributed by atoms with Crippen LogP contribution in [0.1, 0.15) is 21.7 Å². The standard InChI is InChI=1S/C26H26N2O4/c1-17-9-11-23(32-17)22-16-20(19-7-5-6-8-21(19)27-22)26(29)28(2)14-13-18-10-12-24(30-3)25(15-18)31-4/h5-12,15-16H,13-14H2,1-4H3. The number of benzene rings is 2. The smallest absolute Gasteiger partial charge is 0.254 e. The highest BCUT2D eigenvalue weighted by Crippen LogP contribution is 2.29. The Kier molecular flexibility index (Phi) is 6.12. The molecular formula is C26H26N2O4. The molecule has 6 heteroatoms. The average molecular weight is 431 g/mol. The molecular weight excluding hydrogens is 404 g/mol. The number of carbonyl (C=O) groups excluding carboxylic acids is 1. The van der Waals surface area contributed by atoms with Crippen LogP contribution in [0.3, 0.4) is 0 Å². The molecule has 2 heterocycles. The zero-order chi connectivity index (χ0) is 22.7. The first-order valence-electron chi connectivity index (χ1n) is 10.4. The molecule has 2 aromatic heterocycles. The second-order valence-corrected chi connectivity index (χ2v) is 7.65. The maximum Gasteiger partial charge on any atom is 0.254 e. The number of pyridine rings is 1. The van der Waals surface area contributed by atoms with E-state index in [0.717, 1.165) is 22.2 Å². The summed E-state index contributed by atoms with van der Waals surface area (Å²) in [7, 11) is 5.04. The summed E-state index contributed by atoms with van der Waals surface area (Å²) in [6, 6.07) is 19.1. The van der Waals surface area contributed by atoms with Crippen molar-refractivity contribution in [2.24, 2.45) is 0 Å². The fourth-order valence-electron chi connectivity index (χ4n) is 3.69. The summed E-state index contributed by atoms with van der Waals surface area (Å²) < 4.78 is 16.4. The number of methoxy groups -OCH3 is 2. The average Bonchev–Trinajstić information content (AvgIpc) is 3.27. The number of hydrogen-bond donors (Lipinski definition) is 0. The van der Waals surface area contributed by atoms with E-state index in [1.807, 2.05) is 74.6 Å². The summed E-state index contributed by atoms with van der Waals surface area (Å²) in [5.41, 5.74) is 3.08. The number of ether oxygens (including phenoxy) is 2. The molecule has 0 saturated heterocycles. The molecule has 0 bridgehead atoms. The molecule has 0 aliphatic carbocycles. The maximum absolute atomic E-state index is 13.4. The number of likely N-dealkylation sites (N-methyl/N-ethyl adjacent to an activating group) is 1. The van der Waals surface area contributed by atoms with E-state index in [-0.39, 0.29) is 5.91 Å². The topological polar surface area (TPSA) is 64.8 Å².